The second kappa shape index (κ2) is 7.79. The molecule has 0 saturated carbocycles. The number of rotatable bonds is 5. The molecule has 29 heavy (non-hydrogen) atoms. The number of aryl methyl sites for hydroxylation is 1. The van der Waals surface area contributed by atoms with Crippen LogP contribution in [0, 0.1) is 18.7 Å². The Balaban J connectivity index is 1.64. The van der Waals surface area contributed by atoms with Gasteiger partial charge < -0.3 is 14.4 Å². The smallest absolute Gasteiger partial charge is 0.251 e. The molecule has 4 rings (SSSR count). The van der Waals surface area contributed by atoms with Crippen molar-refractivity contribution in [3.63, 3.8) is 0 Å². The van der Waals surface area contributed by atoms with Gasteiger partial charge in [0.1, 0.15) is 18.3 Å². The number of piperazine rings is 1. The van der Waals surface area contributed by atoms with Gasteiger partial charge in [-0.2, -0.15) is 0 Å². The Kier molecular flexibility index (Phi) is 5.19. The van der Waals surface area contributed by atoms with Crippen LogP contribution in [0.2, 0.25) is 0 Å². The van der Waals surface area contributed by atoms with Crippen molar-refractivity contribution in [1.82, 2.24) is 9.88 Å². The molecule has 1 aromatic carbocycles. The van der Waals surface area contributed by atoms with Crippen LogP contribution in [0.25, 0.3) is 0 Å². The fourth-order valence-electron chi connectivity index (χ4n) is 3.62. The molecule has 0 unspecified atom stereocenters. The van der Waals surface area contributed by atoms with Crippen molar-refractivity contribution in [2.24, 2.45) is 5.92 Å². The van der Waals surface area contributed by atoms with E-state index in [1.165, 1.54) is 13.3 Å². The summed E-state index contributed by atoms with van der Waals surface area (Å²) in [6.07, 6.45) is 1.33. The van der Waals surface area contributed by atoms with Gasteiger partial charge in [0.15, 0.2) is 11.6 Å². The van der Waals surface area contributed by atoms with E-state index in [0.717, 1.165) is 22.1 Å². The largest absolute Gasteiger partial charge is 0.495 e. The van der Waals surface area contributed by atoms with E-state index >= 15 is 0 Å². The Hall–Kier alpha value is -3.00. The number of carbonyl (C=O) groups excluding carboxylic acids is 2. The van der Waals surface area contributed by atoms with Gasteiger partial charge in [0.2, 0.25) is 5.91 Å². The van der Waals surface area contributed by atoms with Crippen molar-refractivity contribution in [2.75, 3.05) is 31.8 Å². The van der Waals surface area contributed by atoms with E-state index in [2.05, 4.69) is 4.98 Å². The Morgan fingerprint density at radius 1 is 1.24 bits per heavy atom. The van der Waals surface area contributed by atoms with E-state index in [-0.39, 0.29) is 35.8 Å². The number of carbonyl (C=O) groups is 2. The van der Waals surface area contributed by atoms with Gasteiger partial charge in [-0.15, -0.1) is 0 Å². The fraction of sp³-hybridized carbons (Fsp3) is 0.381. The van der Waals surface area contributed by atoms with Gasteiger partial charge in [-0.3, -0.25) is 14.5 Å². The second-order valence-electron chi connectivity index (χ2n) is 7.35. The van der Waals surface area contributed by atoms with Crippen LogP contribution in [0.3, 0.4) is 0 Å². The molecule has 7 nitrogen and oxygen atoms in total. The van der Waals surface area contributed by atoms with Crippen LogP contribution in [0.15, 0.2) is 36.5 Å². The van der Waals surface area contributed by atoms with Gasteiger partial charge in [-0.25, -0.2) is 9.37 Å². The van der Waals surface area contributed by atoms with Crippen molar-refractivity contribution < 1.29 is 23.5 Å². The van der Waals surface area contributed by atoms with E-state index in [9.17, 15) is 14.0 Å². The summed E-state index contributed by atoms with van der Waals surface area (Å²) in [7, 11) is 1.40. The first-order valence-corrected chi connectivity index (χ1v) is 9.41. The van der Waals surface area contributed by atoms with Crippen molar-refractivity contribution in [2.45, 2.75) is 19.5 Å². The highest BCUT2D eigenvalue weighted by Gasteiger charge is 2.47. The third kappa shape index (κ3) is 3.67. The number of anilines is 1. The van der Waals surface area contributed by atoms with Crippen LogP contribution in [0.4, 0.5) is 10.2 Å². The minimum Gasteiger partial charge on any atom is -0.495 e. The quantitative estimate of drug-likeness (QED) is 0.768. The predicted octanol–water partition coefficient (Wildman–Crippen LogP) is 1.93. The first kappa shape index (κ1) is 19.3. The Labute approximate surface area is 168 Å². The lowest BCUT2D eigenvalue weighted by atomic mass is 9.92. The topological polar surface area (TPSA) is 72.0 Å². The van der Waals surface area contributed by atoms with Gasteiger partial charge in [-0.1, -0.05) is 29.8 Å². The lowest BCUT2D eigenvalue weighted by Gasteiger charge is -2.45. The Bertz CT molecular complexity index is 930. The van der Waals surface area contributed by atoms with E-state index in [1.807, 2.05) is 31.2 Å². The van der Waals surface area contributed by atoms with Gasteiger partial charge in [0, 0.05) is 18.5 Å². The lowest BCUT2D eigenvalue weighted by Crippen LogP contribution is -2.65. The first-order valence-electron chi connectivity index (χ1n) is 9.41. The summed E-state index contributed by atoms with van der Waals surface area (Å²) in [6.45, 7) is 2.83. The number of halogens is 1. The van der Waals surface area contributed by atoms with Crippen LogP contribution in [-0.4, -0.2) is 54.6 Å². The summed E-state index contributed by atoms with van der Waals surface area (Å²) in [5.74, 6) is -1.35. The molecule has 0 N–H and O–H groups in total. The monoisotopic (exact) mass is 399 g/mol. The molecular weight excluding hydrogens is 377 g/mol. The Morgan fingerprint density at radius 2 is 1.97 bits per heavy atom. The molecule has 2 fully saturated rings. The third-order valence-corrected chi connectivity index (χ3v) is 5.34. The standard InChI is InChI=1S/C21H22FN3O4/c1-13-3-5-14(6-4-13)9-24-18(26)10-25(21(27)19(24)15-11-29-12-15)20-17(22)7-16(28-2)8-23-20/h3-8,15,19H,9-12H2,1-2H3/t19-/m0/s1. The number of methoxy groups -OCH3 is 1. The molecule has 3 heterocycles. The number of hydrogen-bond acceptors (Lipinski definition) is 5. The highest BCUT2D eigenvalue weighted by molar-refractivity contribution is 6.06. The summed E-state index contributed by atoms with van der Waals surface area (Å²) >= 11 is 0. The zero-order valence-corrected chi connectivity index (χ0v) is 16.3. The number of hydrogen-bond donors (Lipinski definition) is 0. The minimum atomic E-state index is -0.713. The molecule has 152 valence electrons. The van der Waals surface area contributed by atoms with Gasteiger partial charge in [0.25, 0.3) is 5.91 Å². The molecule has 1 aromatic heterocycles. The van der Waals surface area contributed by atoms with Crippen LogP contribution >= 0.6 is 0 Å². The number of benzene rings is 1. The van der Waals surface area contributed by atoms with Crippen LogP contribution in [0.5, 0.6) is 5.75 Å². The maximum atomic E-state index is 14.5. The molecule has 2 amide bonds. The average Bonchev–Trinajstić information content (AvgIpc) is 2.67. The molecular formula is C21H22FN3O4. The summed E-state index contributed by atoms with van der Waals surface area (Å²) in [5.41, 5.74) is 2.05. The zero-order valence-electron chi connectivity index (χ0n) is 16.3. The van der Waals surface area contributed by atoms with Gasteiger partial charge >= 0.3 is 0 Å². The number of pyridine rings is 1. The predicted molar refractivity (Wildman–Crippen MR) is 103 cm³/mol. The average molecular weight is 399 g/mol. The van der Waals surface area contributed by atoms with Gasteiger partial charge in [0.05, 0.1) is 26.5 Å². The molecule has 2 saturated heterocycles. The molecule has 2 aromatic rings. The zero-order chi connectivity index (χ0) is 20.5. The summed E-state index contributed by atoms with van der Waals surface area (Å²) < 4.78 is 24.8. The second-order valence-corrected chi connectivity index (χ2v) is 7.35. The van der Waals surface area contributed by atoms with Crippen LogP contribution in [-0.2, 0) is 20.9 Å². The van der Waals surface area contributed by atoms with Crippen LogP contribution in [0.1, 0.15) is 11.1 Å². The van der Waals surface area contributed by atoms with Crippen molar-refractivity contribution in [1.29, 1.82) is 0 Å². The molecule has 0 spiro atoms. The fourth-order valence-corrected chi connectivity index (χ4v) is 3.62. The molecule has 0 bridgehead atoms. The van der Waals surface area contributed by atoms with Crippen molar-refractivity contribution >= 4 is 17.6 Å². The minimum absolute atomic E-state index is 0.124. The highest BCUT2D eigenvalue weighted by atomic mass is 19.1. The summed E-state index contributed by atoms with van der Waals surface area (Å²) in [5, 5.41) is 0. The lowest BCUT2D eigenvalue weighted by molar-refractivity contribution is -0.155. The third-order valence-electron chi connectivity index (χ3n) is 5.34. The first-order chi connectivity index (χ1) is 14.0. The maximum absolute atomic E-state index is 14.5. The molecule has 8 heteroatoms. The molecule has 2 aliphatic rings. The molecule has 0 aliphatic carbocycles. The Morgan fingerprint density at radius 3 is 2.55 bits per heavy atom. The van der Waals surface area contributed by atoms with Crippen LogP contribution < -0.4 is 9.64 Å². The van der Waals surface area contributed by atoms with Crippen molar-refractivity contribution in [3.8, 4) is 5.75 Å². The van der Waals surface area contributed by atoms with E-state index in [4.69, 9.17) is 9.47 Å². The number of aromatic nitrogens is 1. The molecule has 1 atom stereocenters. The van der Waals surface area contributed by atoms with E-state index < -0.39 is 11.9 Å². The van der Waals surface area contributed by atoms with E-state index in [0.29, 0.717) is 19.8 Å². The molecule has 2 aliphatic heterocycles. The summed E-state index contributed by atoms with van der Waals surface area (Å²) in [6, 6.07) is 8.26. The maximum Gasteiger partial charge on any atom is 0.251 e. The highest BCUT2D eigenvalue weighted by Crippen LogP contribution is 2.30. The SMILES string of the molecule is COc1cnc(N2CC(=O)N(Cc3ccc(C)cc3)[C@@H](C3COC3)C2=O)c(F)c1. The van der Waals surface area contributed by atoms with Gasteiger partial charge in [-0.05, 0) is 12.5 Å². The summed E-state index contributed by atoms with van der Waals surface area (Å²) in [4.78, 5) is 33.0. The number of amides is 2. The van der Waals surface area contributed by atoms with Crippen molar-refractivity contribution in [3.05, 3.63) is 53.5 Å². The normalized spacial score (nSPS) is 20.0. The van der Waals surface area contributed by atoms with E-state index in [1.54, 1.807) is 4.90 Å². The number of ether oxygens (including phenoxy) is 2. The molecule has 0 radical (unpaired) electrons. The number of nitrogens with zero attached hydrogens (tertiary/aromatic N) is 3.